The number of rotatable bonds is 47. The molecule has 1 atom stereocenters. The van der Waals surface area contributed by atoms with Crippen LogP contribution in [0.5, 0.6) is 0 Å². The molecule has 0 aliphatic heterocycles. The molecule has 0 unspecified atom stereocenters. The Morgan fingerprint density at radius 2 is 0.582 bits per heavy atom. The van der Waals surface area contributed by atoms with Crippen molar-refractivity contribution in [1.82, 2.24) is 0 Å². The monoisotopic (exact) mass is 927 g/mol. The molecule has 0 spiro atoms. The molecule has 0 N–H and O–H groups in total. The summed E-state index contributed by atoms with van der Waals surface area (Å²) in [5.74, 6) is -0.978. The van der Waals surface area contributed by atoms with Gasteiger partial charge in [0.15, 0.2) is 6.10 Å². The van der Waals surface area contributed by atoms with Crippen LogP contribution in [0.3, 0.4) is 0 Å². The van der Waals surface area contributed by atoms with E-state index in [1.807, 2.05) is 0 Å². The summed E-state index contributed by atoms with van der Waals surface area (Å²) in [6.45, 7) is 6.32. The zero-order valence-electron chi connectivity index (χ0n) is 43.1. The molecule has 0 bridgehead atoms. The molecular formula is C61H98O6. The van der Waals surface area contributed by atoms with E-state index in [0.29, 0.717) is 19.3 Å². The molecule has 0 aromatic carbocycles. The molecule has 0 saturated heterocycles. The molecule has 0 rings (SSSR count). The van der Waals surface area contributed by atoms with Crippen LogP contribution in [0.25, 0.3) is 0 Å². The molecule has 67 heavy (non-hydrogen) atoms. The fourth-order valence-corrected chi connectivity index (χ4v) is 6.92. The Morgan fingerprint density at radius 3 is 0.925 bits per heavy atom. The van der Waals surface area contributed by atoms with Crippen LogP contribution in [-0.2, 0) is 28.6 Å². The molecule has 0 saturated carbocycles. The Balaban J connectivity index is 4.52. The average Bonchev–Trinajstić information content (AvgIpc) is 3.33. The van der Waals surface area contributed by atoms with Gasteiger partial charge < -0.3 is 14.2 Å². The van der Waals surface area contributed by atoms with Crippen molar-refractivity contribution in [2.45, 2.75) is 232 Å². The summed E-state index contributed by atoms with van der Waals surface area (Å²) in [4.78, 5) is 38.1. The molecule has 6 heteroatoms. The minimum absolute atomic E-state index is 0.108. The Kier molecular flexibility index (Phi) is 51.0. The molecule has 0 aromatic rings. The van der Waals surface area contributed by atoms with E-state index >= 15 is 0 Å². The Morgan fingerprint density at radius 1 is 0.313 bits per heavy atom. The van der Waals surface area contributed by atoms with Crippen molar-refractivity contribution in [2.24, 2.45) is 0 Å². The van der Waals surface area contributed by atoms with Crippen LogP contribution in [0.2, 0.25) is 0 Å². The lowest BCUT2D eigenvalue weighted by Crippen LogP contribution is -2.30. The maximum atomic E-state index is 12.8. The van der Waals surface area contributed by atoms with Crippen LogP contribution in [0.4, 0.5) is 0 Å². The Bertz CT molecular complexity index is 1440. The van der Waals surface area contributed by atoms with Crippen molar-refractivity contribution in [3.8, 4) is 0 Å². The van der Waals surface area contributed by atoms with Crippen LogP contribution in [0.1, 0.15) is 226 Å². The van der Waals surface area contributed by atoms with Crippen LogP contribution in [0, 0.1) is 0 Å². The summed E-state index contributed by atoms with van der Waals surface area (Å²) in [5, 5.41) is 0. The molecule has 0 amide bonds. The third-order valence-corrected chi connectivity index (χ3v) is 10.9. The normalized spacial score (nSPS) is 13.1. The van der Waals surface area contributed by atoms with Gasteiger partial charge in [0.25, 0.3) is 0 Å². The number of unbranched alkanes of at least 4 members (excludes halogenated alkanes) is 16. The van der Waals surface area contributed by atoms with Crippen molar-refractivity contribution in [1.29, 1.82) is 0 Å². The van der Waals surface area contributed by atoms with E-state index in [2.05, 4.69) is 142 Å². The van der Waals surface area contributed by atoms with E-state index in [9.17, 15) is 14.4 Å². The van der Waals surface area contributed by atoms with Crippen molar-refractivity contribution in [2.75, 3.05) is 13.2 Å². The SMILES string of the molecule is CC/C=C/C/C=C/C/C=C/CCCCCCCC(=O)OC[C@H](COC(=O)CCCCC/C=C/C/C=C/C/C=C/C/C=C/CCCCC)OC(=O)CCCCCCC/C=C/C/C=C/C/C=C/CC. The minimum atomic E-state index is -0.811. The van der Waals surface area contributed by atoms with E-state index < -0.39 is 6.10 Å². The van der Waals surface area contributed by atoms with E-state index in [1.54, 1.807) is 0 Å². The second kappa shape index (κ2) is 54.4. The lowest BCUT2D eigenvalue weighted by Gasteiger charge is -2.18. The number of allylic oxidation sites excluding steroid dienone is 20. The number of esters is 3. The number of carbonyl (C=O) groups excluding carboxylic acids is 3. The van der Waals surface area contributed by atoms with Gasteiger partial charge in [-0.05, 0) is 128 Å². The summed E-state index contributed by atoms with van der Waals surface area (Å²) in [6, 6.07) is 0. The summed E-state index contributed by atoms with van der Waals surface area (Å²) < 4.78 is 16.8. The molecule has 0 aliphatic carbocycles. The number of carbonyl (C=O) groups is 3. The number of hydrogen-bond donors (Lipinski definition) is 0. The lowest BCUT2D eigenvalue weighted by molar-refractivity contribution is -0.167. The van der Waals surface area contributed by atoms with Crippen LogP contribution in [-0.4, -0.2) is 37.2 Å². The number of hydrogen-bond acceptors (Lipinski definition) is 6. The predicted molar refractivity (Wildman–Crippen MR) is 288 cm³/mol. The zero-order chi connectivity index (χ0) is 48.6. The van der Waals surface area contributed by atoms with E-state index in [0.717, 1.165) is 161 Å². The molecule has 0 fully saturated rings. The van der Waals surface area contributed by atoms with Gasteiger partial charge in [-0.2, -0.15) is 0 Å². The van der Waals surface area contributed by atoms with Crippen molar-refractivity contribution >= 4 is 17.9 Å². The third-order valence-electron chi connectivity index (χ3n) is 10.9. The first-order valence-electron chi connectivity index (χ1n) is 27.0. The van der Waals surface area contributed by atoms with Crippen molar-refractivity contribution in [3.63, 3.8) is 0 Å². The maximum Gasteiger partial charge on any atom is 0.306 e. The molecule has 378 valence electrons. The Labute approximate surface area is 412 Å². The highest BCUT2D eigenvalue weighted by atomic mass is 16.6. The number of ether oxygens (including phenoxy) is 3. The van der Waals surface area contributed by atoms with Gasteiger partial charge in [-0.25, -0.2) is 0 Å². The molecule has 0 aromatic heterocycles. The molecular weight excluding hydrogens is 829 g/mol. The largest absolute Gasteiger partial charge is 0.462 e. The summed E-state index contributed by atoms with van der Waals surface area (Å²) in [7, 11) is 0. The van der Waals surface area contributed by atoms with Gasteiger partial charge in [-0.1, -0.05) is 200 Å². The van der Waals surface area contributed by atoms with E-state index in [4.69, 9.17) is 14.2 Å². The van der Waals surface area contributed by atoms with Crippen LogP contribution < -0.4 is 0 Å². The second-order valence-electron chi connectivity index (χ2n) is 17.4. The van der Waals surface area contributed by atoms with Gasteiger partial charge in [0.2, 0.25) is 0 Å². The first-order chi connectivity index (χ1) is 33.0. The molecule has 0 aliphatic rings. The highest BCUT2D eigenvalue weighted by Gasteiger charge is 2.19. The second-order valence-corrected chi connectivity index (χ2v) is 17.4. The quantitative estimate of drug-likeness (QED) is 0.0262. The highest BCUT2D eigenvalue weighted by molar-refractivity contribution is 5.71. The predicted octanol–water partition coefficient (Wildman–Crippen LogP) is 18.1. The van der Waals surface area contributed by atoms with Gasteiger partial charge in [0, 0.05) is 19.3 Å². The fourth-order valence-electron chi connectivity index (χ4n) is 6.92. The van der Waals surface area contributed by atoms with Gasteiger partial charge in [0.1, 0.15) is 13.2 Å². The summed E-state index contributed by atoms with van der Waals surface area (Å²) in [6.07, 6.45) is 74.6. The highest BCUT2D eigenvalue weighted by Crippen LogP contribution is 2.13. The first kappa shape index (κ1) is 62.8. The van der Waals surface area contributed by atoms with Crippen LogP contribution >= 0.6 is 0 Å². The average molecular weight is 927 g/mol. The Hall–Kier alpha value is -4.19. The maximum absolute atomic E-state index is 12.8. The van der Waals surface area contributed by atoms with Gasteiger partial charge in [0.05, 0.1) is 0 Å². The first-order valence-corrected chi connectivity index (χ1v) is 27.0. The van der Waals surface area contributed by atoms with Crippen LogP contribution in [0.15, 0.2) is 122 Å². The minimum Gasteiger partial charge on any atom is -0.462 e. The fraction of sp³-hybridized carbons (Fsp3) is 0.623. The van der Waals surface area contributed by atoms with E-state index in [-0.39, 0.29) is 31.1 Å². The van der Waals surface area contributed by atoms with E-state index in [1.165, 1.54) is 25.7 Å². The summed E-state index contributed by atoms with van der Waals surface area (Å²) in [5.41, 5.74) is 0. The summed E-state index contributed by atoms with van der Waals surface area (Å²) >= 11 is 0. The smallest absolute Gasteiger partial charge is 0.306 e. The third kappa shape index (κ3) is 52.6. The standard InChI is InChI=1S/C61H98O6/c1-4-7-10-13-16-19-22-25-28-29-30-31-34-36-39-42-45-48-51-54-60(63)66-57-58(67-61(64)55-52-49-46-43-40-37-33-27-24-21-18-15-12-9-6-3)56-65-59(62)53-50-47-44-41-38-35-32-26-23-20-17-14-11-8-5-2/h8-9,11-12,16-21,25-28,30-33,36,39,58H,4-7,10,13-15,22-24,29,34-35,37-38,40-57H2,1-3H3/b11-8+,12-9+,19-16+,20-17+,21-18+,28-25+,31-30+,32-26+,33-27+,39-36+/t58-/m1/s1. The topological polar surface area (TPSA) is 78.9 Å². The van der Waals surface area contributed by atoms with Gasteiger partial charge in [-0.15, -0.1) is 0 Å². The van der Waals surface area contributed by atoms with Gasteiger partial charge in [-0.3, -0.25) is 14.4 Å². The van der Waals surface area contributed by atoms with Crippen molar-refractivity contribution < 1.29 is 28.6 Å². The lowest BCUT2D eigenvalue weighted by atomic mass is 10.1. The van der Waals surface area contributed by atoms with Crippen molar-refractivity contribution in [3.05, 3.63) is 122 Å². The molecule has 6 nitrogen and oxygen atoms in total. The van der Waals surface area contributed by atoms with Gasteiger partial charge >= 0.3 is 17.9 Å². The molecule has 0 heterocycles. The zero-order valence-corrected chi connectivity index (χ0v) is 43.1. The molecule has 0 radical (unpaired) electrons.